The van der Waals surface area contributed by atoms with Gasteiger partial charge in [-0.3, -0.25) is 4.79 Å². The van der Waals surface area contributed by atoms with Crippen LogP contribution in [0.3, 0.4) is 0 Å². The van der Waals surface area contributed by atoms with Crippen molar-refractivity contribution in [1.82, 2.24) is 10.2 Å². The monoisotopic (exact) mass is 275 g/mol. The van der Waals surface area contributed by atoms with Crippen molar-refractivity contribution < 1.29 is 13.2 Å². The Hall–Kier alpha value is -0.660. The summed E-state index contributed by atoms with van der Waals surface area (Å²) in [6.07, 6.45) is -0.0719. The van der Waals surface area contributed by atoms with Crippen LogP contribution >= 0.6 is 0 Å². The van der Waals surface area contributed by atoms with Crippen molar-refractivity contribution >= 4 is 15.7 Å². The topological polar surface area (TPSA) is 92.5 Å². The summed E-state index contributed by atoms with van der Waals surface area (Å²) < 4.78 is 23.4. The van der Waals surface area contributed by atoms with E-state index >= 15 is 0 Å². The number of nitrogens with two attached hydrogens (primary N) is 1. The van der Waals surface area contributed by atoms with Crippen LogP contribution in [0.5, 0.6) is 0 Å². The van der Waals surface area contributed by atoms with Crippen LogP contribution in [-0.4, -0.2) is 63.5 Å². The molecule has 6 nitrogen and oxygen atoms in total. The number of nitrogens with one attached hydrogen (secondary N) is 1. The first-order valence-electron chi connectivity index (χ1n) is 6.38. The maximum atomic E-state index is 11.7. The molecule has 0 saturated carbocycles. The van der Waals surface area contributed by atoms with E-state index < -0.39 is 15.7 Å². The van der Waals surface area contributed by atoms with E-state index in [9.17, 15) is 13.2 Å². The van der Waals surface area contributed by atoms with E-state index in [1.165, 1.54) is 0 Å². The quantitative estimate of drug-likeness (QED) is 0.611. The van der Waals surface area contributed by atoms with Crippen LogP contribution in [0.25, 0.3) is 0 Å². The standard InChI is InChI=1S/C11H21N3O3S/c12-11(15)1-3-18(16,17)4-2-14-7-9-5-13-6-10(9)8-14/h9-10,13H,1-8H2,(H2,12,15)/t9-,10+. The van der Waals surface area contributed by atoms with Gasteiger partial charge in [-0.2, -0.15) is 0 Å². The molecule has 0 unspecified atom stereocenters. The van der Waals surface area contributed by atoms with Gasteiger partial charge in [0.1, 0.15) is 0 Å². The molecule has 104 valence electrons. The minimum Gasteiger partial charge on any atom is -0.370 e. The number of nitrogens with zero attached hydrogens (tertiary/aromatic N) is 1. The van der Waals surface area contributed by atoms with Crippen molar-refractivity contribution in [1.29, 1.82) is 0 Å². The van der Waals surface area contributed by atoms with Crippen molar-refractivity contribution in [3.63, 3.8) is 0 Å². The smallest absolute Gasteiger partial charge is 0.218 e. The average Bonchev–Trinajstić information content (AvgIpc) is 2.84. The summed E-state index contributed by atoms with van der Waals surface area (Å²) in [7, 11) is -3.15. The molecule has 0 aromatic heterocycles. The molecule has 2 atom stereocenters. The average molecular weight is 275 g/mol. The maximum Gasteiger partial charge on any atom is 0.218 e. The van der Waals surface area contributed by atoms with E-state index in [2.05, 4.69) is 10.2 Å². The molecular weight excluding hydrogens is 254 g/mol. The summed E-state index contributed by atoms with van der Waals surface area (Å²) >= 11 is 0. The fraction of sp³-hybridized carbons (Fsp3) is 0.909. The zero-order valence-corrected chi connectivity index (χ0v) is 11.3. The molecule has 0 radical (unpaired) electrons. The molecule has 2 aliphatic heterocycles. The van der Waals surface area contributed by atoms with E-state index in [-0.39, 0.29) is 17.9 Å². The minimum absolute atomic E-state index is 0.0719. The van der Waals surface area contributed by atoms with Gasteiger partial charge in [0.25, 0.3) is 0 Å². The highest BCUT2D eigenvalue weighted by Gasteiger charge is 2.36. The Morgan fingerprint density at radius 3 is 2.39 bits per heavy atom. The maximum absolute atomic E-state index is 11.7. The van der Waals surface area contributed by atoms with Crippen molar-refractivity contribution in [2.75, 3.05) is 44.2 Å². The van der Waals surface area contributed by atoms with E-state index in [0.717, 1.165) is 26.2 Å². The molecule has 0 aromatic carbocycles. The number of hydrogen-bond donors (Lipinski definition) is 2. The van der Waals surface area contributed by atoms with Crippen molar-refractivity contribution in [3.8, 4) is 0 Å². The van der Waals surface area contributed by atoms with Crippen molar-refractivity contribution in [3.05, 3.63) is 0 Å². The van der Waals surface area contributed by atoms with Gasteiger partial charge in [-0.05, 0) is 24.9 Å². The second kappa shape index (κ2) is 5.54. The largest absolute Gasteiger partial charge is 0.370 e. The third-order valence-electron chi connectivity index (χ3n) is 3.84. The first-order valence-corrected chi connectivity index (χ1v) is 8.20. The number of likely N-dealkylation sites (tertiary alicyclic amines) is 1. The van der Waals surface area contributed by atoms with E-state index in [1.54, 1.807) is 0 Å². The predicted octanol–water partition coefficient (Wildman–Crippen LogP) is -1.57. The van der Waals surface area contributed by atoms with Gasteiger partial charge >= 0.3 is 0 Å². The lowest BCUT2D eigenvalue weighted by Gasteiger charge is -2.16. The molecule has 2 saturated heterocycles. The van der Waals surface area contributed by atoms with Gasteiger partial charge < -0.3 is 16.0 Å². The lowest BCUT2D eigenvalue weighted by atomic mass is 10.0. The van der Waals surface area contributed by atoms with E-state index in [1.807, 2.05) is 0 Å². The van der Waals surface area contributed by atoms with Gasteiger partial charge in [0.15, 0.2) is 9.84 Å². The van der Waals surface area contributed by atoms with Crippen molar-refractivity contribution in [2.24, 2.45) is 17.6 Å². The molecule has 0 bridgehead atoms. The number of rotatable bonds is 6. The van der Waals surface area contributed by atoms with E-state index in [0.29, 0.717) is 18.4 Å². The number of carbonyl (C=O) groups excluding carboxylic acids is 1. The van der Waals surface area contributed by atoms with Crippen LogP contribution in [-0.2, 0) is 14.6 Å². The normalized spacial score (nSPS) is 28.4. The van der Waals surface area contributed by atoms with Crippen LogP contribution < -0.4 is 11.1 Å². The molecule has 0 aromatic rings. The number of fused-ring (bicyclic) bond motifs is 1. The highest BCUT2D eigenvalue weighted by Crippen LogP contribution is 2.25. The van der Waals surface area contributed by atoms with Gasteiger partial charge in [-0.15, -0.1) is 0 Å². The number of amides is 1. The molecule has 2 fully saturated rings. The van der Waals surface area contributed by atoms with Gasteiger partial charge in [0, 0.05) is 26.1 Å². The zero-order chi connectivity index (χ0) is 13.2. The summed E-state index contributed by atoms with van der Waals surface area (Å²) in [4.78, 5) is 12.8. The summed E-state index contributed by atoms with van der Waals surface area (Å²) in [6.45, 7) is 4.66. The Kier molecular flexibility index (Phi) is 4.24. The van der Waals surface area contributed by atoms with Crippen molar-refractivity contribution in [2.45, 2.75) is 6.42 Å². The predicted molar refractivity (Wildman–Crippen MR) is 68.8 cm³/mol. The molecule has 0 aliphatic carbocycles. The third kappa shape index (κ3) is 3.66. The number of primary amides is 1. The SMILES string of the molecule is NC(=O)CCS(=O)(=O)CCN1C[C@H]2CNC[C@H]2C1. The van der Waals surface area contributed by atoms with Gasteiger partial charge in [0.2, 0.25) is 5.91 Å². The molecule has 2 aliphatic rings. The summed E-state index contributed by atoms with van der Waals surface area (Å²) in [5.41, 5.74) is 4.96. The fourth-order valence-corrected chi connectivity index (χ4v) is 4.01. The van der Waals surface area contributed by atoms with Crippen LogP contribution in [0, 0.1) is 11.8 Å². The van der Waals surface area contributed by atoms with Crippen LogP contribution in [0.1, 0.15) is 6.42 Å². The van der Waals surface area contributed by atoms with Crippen LogP contribution in [0.4, 0.5) is 0 Å². The Morgan fingerprint density at radius 2 is 1.83 bits per heavy atom. The third-order valence-corrected chi connectivity index (χ3v) is 5.47. The number of sulfone groups is 1. The summed E-state index contributed by atoms with van der Waals surface area (Å²) in [6, 6.07) is 0. The van der Waals surface area contributed by atoms with E-state index in [4.69, 9.17) is 5.73 Å². The summed E-state index contributed by atoms with van der Waals surface area (Å²) in [5.74, 6) is 0.814. The minimum atomic E-state index is -3.15. The first-order chi connectivity index (χ1) is 8.46. The van der Waals surface area contributed by atoms with Crippen LogP contribution in [0.15, 0.2) is 0 Å². The molecule has 2 heterocycles. The second-order valence-corrected chi connectivity index (χ2v) is 7.61. The highest BCUT2D eigenvalue weighted by atomic mass is 32.2. The lowest BCUT2D eigenvalue weighted by Crippen LogP contribution is -2.31. The van der Waals surface area contributed by atoms with Gasteiger partial charge in [-0.1, -0.05) is 0 Å². The Bertz CT molecular complexity index is 398. The number of hydrogen-bond acceptors (Lipinski definition) is 5. The van der Waals surface area contributed by atoms with Gasteiger partial charge in [0.05, 0.1) is 11.5 Å². The Morgan fingerprint density at radius 1 is 1.22 bits per heavy atom. The molecule has 7 heteroatoms. The molecule has 1 amide bonds. The molecule has 18 heavy (non-hydrogen) atoms. The lowest BCUT2D eigenvalue weighted by molar-refractivity contribution is -0.117. The molecule has 2 rings (SSSR count). The van der Waals surface area contributed by atoms with Gasteiger partial charge in [-0.25, -0.2) is 8.42 Å². The second-order valence-electron chi connectivity index (χ2n) is 5.31. The summed E-state index contributed by atoms with van der Waals surface area (Å²) in [5, 5.41) is 3.35. The molecule has 0 spiro atoms. The fourth-order valence-electron chi connectivity index (χ4n) is 2.76. The Balaban J connectivity index is 1.73. The Labute approximate surface area is 108 Å². The molecular formula is C11H21N3O3S. The highest BCUT2D eigenvalue weighted by molar-refractivity contribution is 7.91. The number of carbonyl (C=O) groups is 1. The molecule has 3 N–H and O–H groups in total. The first kappa shape index (κ1) is 13.8. The zero-order valence-electron chi connectivity index (χ0n) is 10.5. The van der Waals surface area contributed by atoms with Crippen LogP contribution in [0.2, 0.25) is 0 Å².